The van der Waals surface area contributed by atoms with Crippen molar-refractivity contribution in [2.75, 3.05) is 64.4 Å². The van der Waals surface area contributed by atoms with Crippen molar-refractivity contribution in [2.24, 2.45) is 0 Å². The second-order valence-corrected chi connectivity index (χ2v) is 8.68. The van der Waals surface area contributed by atoms with E-state index in [0.29, 0.717) is 12.5 Å². The summed E-state index contributed by atoms with van der Waals surface area (Å²) in [6.07, 6.45) is 5.47. The van der Waals surface area contributed by atoms with E-state index in [0.717, 1.165) is 69.1 Å². The molecule has 3 aromatic rings. The van der Waals surface area contributed by atoms with Crippen LogP contribution in [0.4, 0.5) is 5.69 Å². The first-order valence-electron chi connectivity index (χ1n) is 11.5. The molecule has 2 saturated heterocycles. The maximum Gasteiger partial charge on any atom is 0.231 e. The van der Waals surface area contributed by atoms with Crippen LogP contribution in [-0.2, 0) is 0 Å². The molecule has 2 aromatic heterocycles. The van der Waals surface area contributed by atoms with Gasteiger partial charge in [0.2, 0.25) is 5.88 Å². The van der Waals surface area contributed by atoms with Crippen molar-refractivity contribution >= 4 is 11.3 Å². The highest BCUT2D eigenvalue weighted by Gasteiger charge is 2.15. The van der Waals surface area contributed by atoms with Crippen LogP contribution in [0.15, 0.2) is 42.6 Å². The molecule has 2 aliphatic heterocycles. The van der Waals surface area contributed by atoms with Crippen LogP contribution in [0.2, 0.25) is 0 Å². The van der Waals surface area contributed by atoms with E-state index < -0.39 is 0 Å². The Labute approximate surface area is 184 Å². The van der Waals surface area contributed by atoms with Gasteiger partial charge in [-0.2, -0.15) is 0 Å². The first kappa shape index (κ1) is 20.3. The lowest BCUT2D eigenvalue weighted by atomic mass is 10.1. The van der Waals surface area contributed by atoms with Crippen molar-refractivity contribution in [1.29, 1.82) is 0 Å². The lowest BCUT2D eigenvalue weighted by Crippen LogP contribution is -2.44. The van der Waals surface area contributed by atoms with Gasteiger partial charge in [-0.15, -0.1) is 5.10 Å². The molecule has 4 heterocycles. The van der Waals surface area contributed by atoms with E-state index in [1.54, 1.807) is 0 Å². The first-order chi connectivity index (χ1) is 15.3. The number of rotatable bonds is 7. The van der Waals surface area contributed by atoms with Gasteiger partial charge < -0.3 is 19.4 Å². The Kier molecular flexibility index (Phi) is 6.04. The summed E-state index contributed by atoms with van der Waals surface area (Å²) in [5.74, 6) is 0.654. The van der Waals surface area contributed by atoms with Gasteiger partial charge in [0.15, 0.2) is 5.65 Å². The monoisotopic (exact) mass is 420 g/mol. The van der Waals surface area contributed by atoms with Crippen LogP contribution in [0.5, 0.6) is 5.88 Å². The highest BCUT2D eigenvalue weighted by molar-refractivity contribution is 5.68. The number of hydrogen-bond donors (Lipinski definition) is 0. The van der Waals surface area contributed by atoms with E-state index >= 15 is 0 Å². The van der Waals surface area contributed by atoms with Crippen LogP contribution >= 0.6 is 0 Å². The normalized spacial score (nSPS) is 18.2. The zero-order valence-corrected chi connectivity index (χ0v) is 18.4. The van der Waals surface area contributed by atoms with Crippen molar-refractivity contribution in [3.63, 3.8) is 0 Å². The van der Waals surface area contributed by atoms with Gasteiger partial charge in [-0.25, -0.2) is 9.50 Å². The molecule has 0 N–H and O–H groups in total. The number of likely N-dealkylation sites (N-methyl/N-ethyl adjacent to an activating group) is 1. The number of fused-ring (bicyclic) bond motifs is 1. The smallest absolute Gasteiger partial charge is 0.231 e. The Hall–Kier alpha value is -2.64. The highest BCUT2D eigenvalue weighted by atomic mass is 16.5. The molecule has 0 amide bonds. The van der Waals surface area contributed by atoms with E-state index in [1.807, 2.05) is 22.8 Å². The molecular weight excluding hydrogens is 388 g/mol. The van der Waals surface area contributed by atoms with Gasteiger partial charge in [0.25, 0.3) is 0 Å². The Morgan fingerprint density at radius 2 is 1.81 bits per heavy atom. The minimum absolute atomic E-state index is 0.654. The van der Waals surface area contributed by atoms with Gasteiger partial charge in [0.1, 0.15) is 0 Å². The van der Waals surface area contributed by atoms with Crippen molar-refractivity contribution in [3.05, 3.63) is 42.6 Å². The third-order valence-corrected chi connectivity index (χ3v) is 6.42. The van der Waals surface area contributed by atoms with Crippen LogP contribution in [0.25, 0.3) is 16.9 Å². The summed E-state index contributed by atoms with van der Waals surface area (Å²) < 4.78 is 7.89. The average Bonchev–Trinajstić information content (AvgIpc) is 3.48. The molecular formula is C24H32N6O. The number of anilines is 1. The summed E-state index contributed by atoms with van der Waals surface area (Å²) in [7, 11) is 2.19. The molecule has 7 nitrogen and oxygen atoms in total. The maximum absolute atomic E-state index is 5.99. The van der Waals surface area contributed by atoms with Crippen LogP contribution in [0.1, 0.15) is 19.3 Å². The molecule has 0 saturated carbocycles. The molecule has 0 bridgehead atoms. The Morgan fingerprint density at radius 1 is 0.968 bits per heavy atom. The van der Waals surface area contributed by atoms with E-state index in [1.165, 1.54) is 18.5 Å². The SMILES string of the molecule is CN1CCN(CCCOc2ccc3ncc(-c4cccc(N5CCCC5)c4)n3n2)CC1. The number of hydrogen-bond acceptors (Lipinski definition) is 6. The molecule has 2 aliphatic rings. The number of imidazole rings is 1. The fourth-order valence-corrected chi connectivity index (χ4v) is 4.50. The van der Waals surface area contributed by atoms with E-state index in [9.17, 15) is 0 Å². The third-order valence-electron chi connectivity index (χ3n) is 6.42. The largest absolute Gasteiger partial charge is 0.477 e. The van der Waals surface area contributed by atoms with Crippen LogP contribution in [-0.4, -0.2) is 83.9 Å². The standard InChI is InChI=1S/C24H32N6O/c1-27-13-15-28(16-14-27)10-5-17-31-24-9-8-23-25-19-22(30(23)26-24)20-6-4-7-21(18-20)29-11-2-3-12-29/h4,6-9,18-19H,2-3,5,10-17H2,1H3. The fourth-order valence-electron chi connectivity index (χ4n) is 4.50. The summed E-state index contributed by atoms with van der Waals surface area (Å²) in [6.45, 7) is 8.64. The van der Waals surface area contributed by atoms with Gasteiger partial charge in [-0.05, 0) is 44.5 Å². The van der Waals surface area contributed by atoms with Crippen LogP contribution < -0.4 is 9.64 Å². The van der Waals surface area contributed by atoms with Crippen molar-refractivity contribution in [3.8, 4) is 17.1 Å². The molecule has 0 radical (unpaired) electrons. The minimum Gasteiger partial charge on any atom is -0.477 e. The molecule has 31 heavy (non-hydrogen) atoms. The quantitative estimate of drug-likeness (QED) is 0.548. The second kappa shape index (κ2) is 9.24. The topological polar surface area (TPSA) is 49.1 Å². The predicted molar refractivity (Wildman–Crippen MR) is 124 cm³/mol. The lowest BCUT2D eigenvalue weighted by molar-refractivity contribution is 0.145. The summed E-state index contributed by atoms with van der Waals surface area (Å²) in [4.78, 5) is 11.9. The highest BCUT2D eigenvalue weighted by Crippen LogP contribution is 2.27. The number of aromatic nitrogens is 3. The maximum atomic E-state index is 5.99. The number of benzene rings is 1. The molecule has 0 spiro atoms. The molecule has 7 heteroatoms. The predicted octanol–water partition coefficient (Wildman–Crippen LogP) is 3.01. The van der Waals surface area contributed by atoms with Gasteiger partial charge in [0, 0.05) is 63.1 Å². The number of nitrogens with zero attached hydrogens (tertiary/aromatic N) is 6. The Balaban J connectivity index is 1.25. The summed E-state index contributed by atoms with van der Waals surface area (Å²) in [6, 6.07) is 12.6. The summed E-state index contributed by atoms with van der Waals surface area (Å²) >= 11 is 0. The number of piperazine rings is 1. The van der Waals surface area contributed by atoms with Gasteiger partial charge >= 0.3 is 0 Å². The molecule has 0 unspecified atom stereocenters. The Morgan fingerprint density at radius 3 is 2.65 bits per heavy atom. The van der Waals surface area contributed by atoms with E-state index in [4.69, 9.17) is 9.84 Å². The van der Waals surface area contributed by atoms with Gasteiger partial charge in [-0.1, -0.05) is 12.1 Å². The first-order valence-corrected chi connectivity index (χ1v) is 11.5. The van der Waals surface area contributed by atoms with Crippen LogP contribution in [0, 0.1) is 0 Å². The van der Waals surface area contributed by atoms with Gasteiger partial charge in [-0.3, -0.25) is 0 Å². The number of ether oxygens (including phenoxy) is 1. The molecule has 164 valence electrons. The molecule has 0 aliphatic carbocycles. The lowest BCUT2D eigenvalue weighted by Gasteiger charge is -2.32. The molecule has 0 atom stereocenters. The average molecular weight is 421 g/mol. The fraction of sp³-hybridized carbons (Fsp3) is 0.500. The summed E-state index contributed by atoms with van der Waals surface area (Å²) in [5.41, 5.74) is 4.25. The van der Waals surface area contributed by atoms with Crippen molar-refractivity contribution < 1.29 is 4.74 Å². The van der Waals surface area contributed by atoms with E-state index in [-0.39, 0.29) is 0 Å². The third kappa shape index (κ3) is 4.67. The minimum atomic E-state index is 0.654. The zero-order valence-electron chi connectivity index (χ0n) is 18.4. The van der Waals surface area contributed by atoms with Crippen molar-refractivity contribution in [2.45, 2.75) is 19.3 Å². The van der Waals surface area contributed by atoms with Gasteiger partial charge in [0.05, 0.1) is 18.5 Å². The van der Waals surface area contributed by atoms with Crippen molar-refractivity contribution in [1.82, 2.24) is 24.4 Å². The Bertz CT molecular complexity index is 1000. The molecule has 2 fully saturated rings. The zero-order chi connectivity index (χ0) is 21.0. The molecule has 5 rings (SSSR count). The molecule has 1 aromatic carbocycles. The summed E-state index contributed by atoms with van der Waals surface area (Å²) in [5, 5.41) is 4.73. The van der Waals surface area contributed by atoms with E-state index in [2.05, 4.69) is 51.0 Å². The second-order valence-electron chi connectivity index (χ2n) is 8.68. The van der Waals surface area contributed by atoms with Crippen LogP contribution in [0.3, 0.4) is 0 Å².